The highest BCUT2D eigenvalue weighted by atomic mass is 16.3. The van der Waals surface area contributed by atoms with Crippen molar-refractivity contribution in [2.24, 2.45) is 11.3 Å². The van der Waals surface area contributed by atoms with Gasteiger partial charge in [-0.05, 0) is 50.0 Å². The molecule has 112 valence electrons. The summed E-state index contributed by atoms with van der Waals surface area (Å²) in [7, 11) is 0. The zero-order valence-corrected chi connectivity index (χ0v) is 13.0. The molecule has 3 atom stereocenters. The molecule has 0 bridgehead atoms. The third kappa shape index (κ3) is 4.17. The summed E-state index contributed by atoms with van der Waals surface area (Å²) in [6, 6.07) is 1.32. The Morgan fingerprint density at radius 3 is 2.68 bits per heavy atom. The van der Waals surface area contributed by atoms with Gasteiger partial charge in [0.15, 0.2) is 0 Å². The van der Waals surface area contributed by atoms with Crippen LogP contribution in [0.5, 0.6) is 0 Å². The second-order valence-corrected chi connectivity index (χ2v) is 7.46. The summed E-state index contributed by atoms with van der Waals surface area (Å²) in [6.45, 7) is 10.6. The van der Waals surface area contributed by atoms with Gasteiger partial charge in [0.2, 0.25) is 0 Å². The van der Waals surface area contributed by atoms with Gasteiger partial charge >= 0.3 is 0 Å². The first kappa shape index (κ1) is 15.3. The molecule has 2 aliphatic rings. The number of aliphatic hydroxyl groups is 1. The molecule has 0 aromatic rings. The molecule has 1 saturated carbocycles. The summed E-state index contributed by atoms with van der Waals surface area (Å²) < 4.78 is 0. The maximum atomic E-state index is 9.37. The van der Waals surface area contributed by atoms with Crippen molar-refractivity contribution in [2.45, 2.75) is 65.0 Å². The average molecular weight is 268 g/mol. The fourth-order valence-corrected chi connectivity index (χ4v) is 4.19. The lowest BCUT2D eigenvalue weighted by atomic mass is 9.70. The summed E-state index contributed by atoms with van der Waals surface area (Å²) in [5, 5.41) is 13.0. The highest BCUT2D eigenvalue weighted by molar-refractivity contribution is 4.90. The van der Waals surface area contributed by atoms with E-state index >= 15 is 0 Å². The fourth-order valence-electron chi connectivity index (χ4n) is 4.19. The van der Waals surface area contributed by atoms with Crippen LogP contribution >= 0.6 is 0 Å². The largest absolute Gasteiger partial charge is 0.395 e. The van der Waals surface area contributed by atoms with Crippen molar-refractivity contribution in [3.05, 3.63) is 0 Å². The Bertz CT molecular complexity index is 274. The molecule has 3 unspecified atom stereocenters. The Kier molecular flexibility index (Phi) is 5.27. The van der Waals surface area contributed by atoms with Crippen molar-refractivity contribution in [1.82, 2.24) is 10.2 Å². The smallest absolute Gasteiger partial charge is 0.0558 e. The molecule has 1 aliphatic heterocycles. The van der Waals surface area contributed by atoms with Crippen LogP contribution in [0.4, 0.5) is 0 Å². The minimum atomic E-state index is 0.291. The van der Waals surface area contributed by atoms with Gasteiger partial charge in [0.25, 0.3) is 0 Å². The highest BCUT2D eigenvalue weighted by Gasteiger charge is 2.35. The first-order valence-electron chi connectivity index (χ1n) is 8.10. The van der Waals surface area contributed by atoms with E-state index in [0.29, 0.717) is 24.1 Å². The second kappa shape index (κ2) is 6.55. The molecule has 2 rings (SSSR count). The van der Waals surface area contributed by atoms with Gasteiger partial charge in [0, 0.05) is 25.2 Å². The van der Waals surface area contributed by atoms with Crippen LogP contribution in [-0.2, 0) is 0 Å². The standard InChI is InChI=1S/C16H32N2O/c1-13-11-16(2,3)7-6-15(13)18(9-10-19)12-14-5-4-8-17-14/h13-15,17,19H,4-12H2,1-3H3. The normalized spacial score (nSPS) is 34.9. The van der Waals surface area contributed by atoms with E-state index in [1.165, 1.54) is 38.6 Å². The number of nitrogens with one attached hydrogen (secondary N) is 1. The van der Waals surface area contributed by atoms with Crippen LogP contribution in [-0.4, -0.2) is 48.3 Å². The number of aliphatic hydroxyl groups excluding tert-OH is 1. The van der Waals surface area contributed by atoms with Crippen LogP contribution < -0.4 is 5.32 Å². The number of hydrogen-bond acceptors (Lipinski definition) is 3. The van der Waals surface area contributed by atoms with Crippen LogP contribution in [0.15, 0.2) is 0 Å². The van der Waals surface area contributed by atoms with Gasteiger partial charge in [0.05, 0.1) is 6.61 Å². The first-order chi connectivity index (χ1) is 9.02. The van der Waals surface area contributed by atoms with E-state index in [4.69, 9.17) is 0 Å². The fraction of sp³-hybridized carbons (Fsp3) is 1.00. The third-order valence-electron chi connectivity index (χ3n) is 5.12. The van der Waals surface area contributed by atoms with Crippen LogP contribution in [0.1, 0.15) is 52.9 Å². The van der Waals surface area contributed by atoms with Gasteiger partial charge in [-0.2, -0.15) is 0 Å². The van der Waals surface area contributed by atoms with Gasteiger partial charge in [-0.1, -0.05) is 20.8 Å². The van der Waals surface area contributed by atoms with Gasteiger partial charge in [-0.3, -0.25) is 4.90 Å². The second-order valence-electron chi connectivity index (χ2n) is 7.46. The van der Waals surface area contributed by atoms with Crippen molar-refractivity contribution in [3.63, 3.8) is 0 Å². The summed E-state index contributed by atoms with van der Waals surface area (Å²) in [5.74, 6) is 0.747. The lowest BCUT2D eigenvalue weighted by molar-refractivity contribution is 0.0441. The van der Waals surface area contributed by atoms with E-state index in [1.807, 2.05) is 0 Å². The number of nitrogens with zero attached hydrogens (tertiary/aromatic N) is 1. The molecule has 1 aliphatic carbocycles. The molecule has 2 fully saturated rings. The minimum Gasteiger partial charge on any atom is -0.395 e. The molecule has 3 heteroatoms. The molecule has 0 spiro atoms. The molecule has 0 amide bonds. The predicted molar refractivity (Wildman–Crippen MR) is 80.3 cm³/mol. The highest BCUT2D eigenvalue weighted by Crippen LogP contribution is 2.40. The lowest BCUT2D eigenvalue weighted by Crippen LogP contribution is -2.50. The monoisotopic (exact) mass is 268 g/mol. The molecule has 1 heterocycles. The summed E-state index contributed by atoms with van der Waals surface area (Å²) in [6.07, 6.45) is 6.54. The van der Waals surface area contributed by atoms with E-state index < -0.39 is 0 Å². The van der Waals surface area contributed by atoms with E-state index in [0.717, 1.165) is 19.0 Å². The Hall–Kier alpha value is -0.120. The predicted octanol–water partition coefficient (Wildman–Crippen LogP) is 2.25. The number of hydrogen-bond donors (Lipinski definition) is 2. The molecular weight excluding hydrogens is 236 g/mol. The molecule has 1 saturated heterocycles. The van der Waals surface area contributed by atoms with Gasteiger partial charge in [-0.15, -0.1) is 0 Å². The first-order valence-corrected chi connectivity index (χ1v) is 8.10. The van der Waals surface area contributed by atoms with Gasteiger partial charge < -0.3 is 10.4 Å². The van der Waals surface area contributed by atoms with Crippen molar-refractivity contribution in [2.75, 3.05) is 26.2 Å². The maximum Gasteiger partial charge on any atom is 0.0558 e. The van der Waals surface area contributed by atoms with E-state index in [2.05, 4.69) is 31.0 Å². The minimum absolute atomic E-state index is 0.291. The Morgan fingerprint density at radius 1 is 1.32 bits per heavy atom. The molecule has 0 radical (unpaired) electrons. The SMILES string of the molecule is CC1CC(C)(C)CCC1N(CCO)CC1CCCN1. The molecule has 19 heavy (non-hydrogen) atoms. The van der Waals surface area contributed by atoms with E-state index in [9.17, 15) is 5.11 Å². The molecule has 3 nitrogen and oxygen atoms in total. The Balaban J connectivity index is 1.93. The lowest BCUT2D eigenvalue weighted by Gasteiger charge is -2.45. The molecule has 0 aromatic carbocycles. The summed E-state index contributed by atoms with van der Waals surface area (Å²) >= 11 is 0. The summed E-state index contributed by atoms with van der Waals surface area (Å²) in [5.41, 5.74) is 0.506. The quantitative estimate of drug-likeness (QED) is 0.803. The van der Waals surface area contributed by atoms with Gasteiger partial charge in [-0.25, -0.2) is 0 Å². The Labute approximate surface area is 118 Å². The van der Waals surface area contributed by atoms with Crippen LogP contribution in [0, 0.1) is 11.3 Å². The van der Waals surface area contributed by atoms with Crippen molar-refractivity contribution < 1.29 is 5.11 Å². The topological polar surface area (TPSA) is 35.5 Å². The zero-order valence-electron chi connectivity index (χ0n) is 13.0. The van der Waals surface area contributed by atoms with Gasteiger partial charge in [0.1, 0.15) is 0 Å². The van der Waals surface area contributed by atoms with Crippen LogP contribution in [0.3, 0.4) is 0 Å². The average Bonchev–Trinajstić information content (AvgIpc) is 2.80. The summed E-state index contributed by atoms with van der Waals surface area (Å²) in [4.78, 5) is 2.56. The van der Waals surface area contributed by atoms with Crippen molar-refractivity contribution in [1.29, 1.82) is 0 Å². The third-order valence-corrected chi connectivity index (χ3v) is 5.12. The zero-order chi connectivity index (χ0) is 13.9. The number of rotatable bonds is 5. The van der Waals surface area contributed by atoms with Crippen molar-refractivity contribution in [3.8, 4) is 0 Å². The van der Waals surface area contributed by atoms with E-state index in [1.54, 1.807) is 0 Å². The molecule has 2 N–H and O–H groups in total. The molecular formula is C16H32N2O. The van der Waals surface area contributed by atoms with E-state index in [-0.39, 0.29) is 0 Å². The maximum absolute atomic E-state index is 9.37. The molecule has 0 aromatic heterocycles. The van der Waals surface area contributed by atoms with Crippen LogP contribution in [0.2, 0.25) is 0 Å². The van der Waals surface area contributed by atoms with Crippen LogP contribution in [0.25, 0.3) is 0 Å². The Morgan fingerprint density at radius 2 is 2.11 bits per heavy atom. The van der Waals surface area contributed by atoms with Crippen molar-refractivity contribution >= 4 is 0 Å².